The van der Waals surface area contributed by atoms with Gasteiger partial charge in [0.2, 0.25) is 10.0 Å². The highest BCUT2D eigenvalue weighted by Crippen LogP contribution is 2.39. The first-order chi connectivity index (χ1) is 11.6. The number of benzene rings is 2. The smallest absolute Gasteiger partial charge is 0.243 e. The Labute approximate surface area is 151 Å². The van der Waals surface area contributed by atoms with Gasteiger partial charge in [0, 0.05) is 24.1 Å². The predicted molar refractivity (Wildman–Crippen MR) is 98.6 cm³/mol. The Morgan fingerprint density at radius 2 is 1.71 bits per heavy atom. The lowest BCUT2D eigenvalue weighted by Crippen LogP contribution is -2.34. The lowest BCUT2D eigenvalue weighted by Gasteiger charge is -2.20. The van der Waals surface area contributed by atoms with Gasteiger partial charge in [0.05, 0.1) is 4.90 Å². The van der Waals surface area contributed by atoms with E-state index in [1.807, 2.05) is 18.2 Å². The molecule has 2 aliphatic rings. The lowest BCUT2D eigenvalue weighted by molar-refractivity contribution is 0.432. The average molecular weight is 407 g/mol. The first-order valence-corrected chi connectivity index (χ1v) is 10.4. The zero-order chi connectivity index (χ0) is 16.7. The molecule has 6 heteroatoms. The van der Waals surface area contributed by atoms with E-state index in [0.717, 1.165) is 35.0 Å². The van der Waals surface area contributed by atoms with Crippen LogP contribution in [0.25, 0.3) is 11.1 Å². The minimum Gasteiger partial charge on any atom is -0.315 e. The summed E-state index contributed by atoms with van der Waals surface area (Å²) in [6.07, 6.45) is 1.64. The molecule has 1 heterocycles. The molecular weight excluding hydrogens is 388 g/mol. The van der Waals surface area contributed by atoms with E-state index in [9.17, 15) is 8.42 Å². The Kier molecular flexibility index (Phi) is 4.24. The van der Waals surface area contributed by atoms with Crippen molar-refractivity contribution in [2.45, 2.75) is 17.7 Å². The van der Waals surface area contributed by atoms with E-state index in [1.165, 1.54) is 11.1 Å². The number of nitrogens with zero attached hydrogens (tertiary/aromatic N) is 1. The van der Waals surface area contributed by atoms with E-state index in [4.69, 9.17) is 0 Å². The Morgan fingerprint density at radius 1 is 0.958 bits per heavy atom. The second kappa shape index (κ2) is 6.26. The van der Waals surface area contributed by atoms with Gasteiger partial charge in [-0.05, 0) is 65.9 Å². The molecule has 1 N–H and O–H groups in total. The molecule has 126 valence electrons. The summed E-state index contributed by atoms with van der Waals surface area (Å²) in [5.41, 5.74) is 4.69. The van der Waals surface area contributed by atoms with E-state index >= 15 is 0 Å². The third-order valence-electron chi connectivity index (χ3n) is 4.75. The van der Waals surface area contributed by atoms with E-state index in [-0.39, 0.29) is 0 Å². The Hall–Kier alpha value is -1.21. The molecule has 0 radical (unpaired) electrons. The van der Waals surface area contributed by atoms with Crippen LogP contribution in [0.5, 0.6) is 0 Å². The van der Waals surface area contributed by atoms with Gasteiger partial charge >= 0.3 is 0 Å². The molecule has 1 saturated heterocycles. The molecule has 4 rings (SSSR count). The van der Waals surface area contributed by atoms with Crippen molar-refractivity contribution in [3.8, 4) is 11.1 Å². The average Bonchev–Trinajstić information content (AvgIpc) is 2.73. The second-order valence-electron chi connectivity index (χ2n) is 6.30. The minimum atomic E-state index is -3.42. The summed E-state index contributed by atoms with van der Waals surface area (Å²) in [6.45, 7) is 2.70. The van der Waals surface area contributed by atoms with Crippen LogP contribution in [0.15, 0.2) is 45.8 Å². The maximum atomic E-state index is 13.0. The zero-order valence-electron chi connectivity index (χ0n) is 13.3. The van der Waals surface area contributed by atoms with E-state index in [2.05, 4.69) is 33.4 Å². The number of hydrogen-bond acceptors (Lipinski definition) is 3. The van der Waals surface area contributed by atoms with E-state index in [0.29, 0.717) is 24.5 Å². The molecule has 0 spiro atoms. The summed E-state index contributed by atoms with van der Waals surface area (Å²) >= 11 is 3.51. The Bertz CT molecular complexity index is 888. The monoisotopic (exact) mass is 406 g/mol. The topological polar surface area (TPSA) is 49.4 Å². The summed E-state index contributed by atoms with van der Waals surface area (Å²) < 4.78 is 28.6. The number of halogens is 1. The van der Waals surface area contributed by atoms with Crippen LogP contribution in [0, 0.1) is 0 Å². The van der Waals surface area contributed by atoms with Gasteiger partial charge in [-0.1, -0.05) is 28.1 Å². The first kappa shape index (κ1) is 16.3. The van der Waals surface area contributed by atoms with Crippen molar-refractivity contribution in [2.75, 3.05) is 26.2 Å². The molecule has 1 aliphatic carbocycles. The number of hydrogen-bond donors (Lipinski definition) is 1. The number of rotatable bonds is 2. The van der Waals surface area contributed by atoms with Crippen molar-refractivity contribution in [1.29, 1.82) is 0 Å². The van der Waals surface area contributed by atoms with Gasteiger partial charge in [0.1, 0.15) is 0 Å². The summed E-state index contributed by atoms with van der Waals surface area (Å²) in [4.78, 5) is 0.412. The summed E-state index contributed by atoms with van der Waals surface area (Å²) in [6, 6.07) is 11.8. The van der Waals surface area contributed by atoms with Crippen LogP contribution < -0.4 is 5.32 Å². The van der Waals surface area contributed by atoms with Crippen LogP contribution in [0.3, 0.4) is 0 Å². The van der Waals surface area contributed by atoms with Crippen molar-refractivity contribution in [3.63, 3.8) is 0 Å². The van der Waals surface area contributed by atoms with Gasteiger partial charge in [-0.25, -0.2) is 8.42 Å². The van der Waals surface area contributed by atoms with Crippen molar-refractivity contribution < 1.29 is 8.42 Å². The number of nitrogens with one attached hydrogen (secondary N) is 1. The molecule has 0 aromatic heterocycles. The molecule has 0 amide bonds. The van der Waals surface area contributed by atoms with Crippen molar-refractivity contribution >= 4 is 26.0 Å². The van der Waals surface area contributed by atoms with Gasteiger partial charge in [0.25, 0.3) is 0 Å². The molecule has 0 unspecified atom stereocenters. The summed E-state index contributed by atoms with van der Waals surface area (Å²) in [7, 11) is -3.42. The molecule has 1 fully saturated rings. The van der Waals surface area contributed by atoms with Crippen LogP contribution in [0.2, 0.25) is 0 Å². The fourth-order valence-electron chi connectivity index (χ4n) is 3.53. The third-order valence-corrected chi connectivity index (χ3v) is 7.14. The van der Waals surface area contributed by atoms with Crippen LogP contribution >= 0.6 is 15.9 Å². The molecule has 4 nitrogen and oxygen atoms in total. The number of sulfonamides is 1. The Morgan fingerprint density at radius 3 is 2.54 bits per heavy atom. The Balaban J connectivity index is 1.70. The standard InChI is InChI=1S/C18H19BrN2O2S/c19-15-2-4-17-13(11-15)10-14-12-16(3-5-18(14)17)24(22,23)21-8-1-6-20-7-9-21/h2-5,11-12,20H,1,6-10H2. The molecule has 0 saturated carbocycles. The maximum absolute atomic E-state index is 13.0. The van der Waals surface area contributed by atoms with E-state index < -0.39 is 10.0 Å². The van der Waals surface area contributed by atoms with Gasteiger partial charge in [0.15, 0.2) is 0 Å². The molecule has 2 aromatic carbocycles. The first-order valence-electron chi connectivity index (χ1n) is 8.18. The summed E-state index contributed by atoms with van der Waals surface area (Å²) in [5.74, 6) is 0. The fourth-order valence-corrected chi connectivity index (χ4v) is 5.47. The van der Waals surface area contributed by atoms with Crippen LogP contribution in [-0.2, 0) is 16.4 Å². The van der Waals surface area contributed by atoms with Crippen LogP contribution in [-0.4, -0.2) is 38.9 Å². The lowest BCUT2D eigenvalue weighted by atomic mass is 10.1. The molecule has 1 aliphatic heterocycles. The number of fused-ring (bicyclic) bond motifs is 3. The van der Waals surface area contributed by atoms with Crippen molar-refractivity contribution in [3.05, 3.63) is 52.0 Å². The van der Waals surface area contributed by atoms with Crippen molar-refractivity contribution in [1.82, 2.24) is 9.62 Å². The highest BCUT2D eigenvalue weighted by molar-refractivity contribution is 9.10. The van der Waals surface area contributed by atoms with Gasteiger partial charge < -0.3 is 5.32 Å². The summed E-state index contributed by atoms with van der Waals surface area (Å²) in [5, 5.41) is 3.25. The van der Waals surface area contributed by atoms with E-state index in [1.54, 1.807) is 10.4 Å². The molecule has 24 heavy (non-hydrogen) atoms. The maximum Gasteiger partial charge on any atom is 0.243 e. The molecule has 0 bridgehead atoms. The normalized spacial score (nSPS) is 18.0. The molecule has 2 aromatic rings. The van der Waals surface area contributed by atoms with Gasteiger partial charge in [-0.2, -0.15) is 4.31 Å². The van der Waals surface area contributed by atoms with Crippen LogP contribution in [0.1, 0.15) is 17.5 Å². The fraction of sp³-hybridized carbons (Fsp3) is 0.333. The molecular formula is C18H19BrN2O2S. The van der Waals surface area contributed by atoms with Crippen LogP contribution in [0.4, 0.5) is 0 Å². The largest absolute Gasteiger partial charge is 0.315 e. The van der Waals surface area contributed by atoms with Crippen molar-refractivity contribution in [2.24, 2.45) is 0 Å². The molecule has 0 atom stereocenters. The second-order valence-corrected chi connectivity index (χ2v) is 9.16. The highest BCUT2D eigenvalue weighted by atomic mass is 79.9. The highest BCUT2D eigenvalue weighted by Gasteiger charge is 2.27. The third kappa shape index (κ3) is 2.81. The minimum absolute atomic E-state index is 0.412. The van der Waals surface area contributed by atoms with Gasteiger partial charge in [-0.3, -0.25) is 0 Å². The predicted octanol–water partition coefficient (Wildman–Crippen LogP) is 3.00. The quantitative estimate of drug-likeness (QED) is 0.711. The SMILES string of the molecule is O=S(=O)(c1ccc2c(c1)Cc1cc(Br)ccc1-2)N1CCCNCC1. The van der Waals surface area contributed by atoms with Gasteiger partial charge in [-0.15, -0.1) is 0 Å². The zero-order valence-corrected chi connectivity index (χ0v) is 15.7.